The second kappa shape index (κ2) is 8.87. The first-order valence-electron chi connectivity index (χ1n) is 7.34. The topological polar surface area (TPSA) is 102 Å². The number of amides is 1. The molecule has 6 nitrogen and oxygen atoms in total. The van der Waals surface area contributed by atoms with Crippen molar-refractivity contribution in [2.24, 2.45) is 5.73 Å². The summed E-state index contributed by atoms with van der Waals surface area (Å²) in [6, 6.07) is 5.63. The fourth-order valence-corrected chi connectivity index (χ4v) is 1.82. The third kappa shape index (κ3) is 5.88. The molecule has 0 fully saturated rings. The Bertz CT molecular complexity index is 661. The fraction of sp³-hybridized carbons (Fsp3) is 0.333. The number of nitrogens with one attached hydrogen (secondary N) is 1. The van der Waals surface area contributed by atoms with E-state index in [2.05, 4.69) is 21.9 Å². The molecule has 0 aliphatic carbocycles. The summed E-state index contributed by atoms with van der Waals surface area (Å²) in [7, 11) is 1.24. The van der Waals surface area contributed by atoms with Gasteiger partial charge in [0.2, 0.25) is 0 Å². The summed E-state index contributed by atoms with van der Waals surface area (Å²) in [4.78, 5) is 24.1. The third-order valence-electron chi connectivity index (χ3n) is 3.13. The molecule has 1 unspecified atom stereocenters. The number of hydrogen-bond acceptors (Lipinski definition) is 5. The summed E-state index contributed by atoms with van der Waals surface area (Å²) in [5.41, 5.74) is 6.06. The van der Waals surface area contributed by atoms with E-state index in [4.69, 9.17) is 10.8 Å². The molecule has 1 rings (SSSR count). The molecule has 1 atom stereocenters. The number of aliphatic hydroxyl groups excluding tert-OH is 1. The molecule has 128 valence electrons. The number of hydrogen-bond donors (Lipinski definition) is 3. The van der Waals surface area contributed by atoms with Gasteiger partial charge in [-0.2, -0.15) is 0 Å². The Morgan fingerprint density at radius 2 is 2.00 bits per heavy atom. The van der Waals surface area contributed by atoms with Gasteiger partial charge in [0.15, 0.2) is 0 Å². The van der Waals surface area contributed by atoms with Crippen molar-refractivity contribution in [3.05, 3.63) is 47.5 Å². The van der Waals surface area contributed by atoms with Crippen LogP contribution in [-0.2, 0) is 9.53 Å². The van der Waals surface area contributed by atoms with E-state index in [9.17, 15) is 9.59 Å². The smallest absolute Gasteiger partial charge is 0.330 e. The number of esters is 1. The van der Waals surface area contributed by atoms with Crippen molar-refractivity contribution in [1.29, 1.82) is 0 Å². The van der Waals surface area contributed by atoms with Gasteiger partial charge in [0, 0.05) is 16.7 Å². The summed E-state index contributed by atoms with van der Waals surface area (Å²) in [5.74, 6) is 4.59. The van der Waals surface area contributed by atoms with Crippen LogP contribution in [0, 0.1) is 11.8 Å². The standard InChI is InChI=1S/C18H22N2O4/c1-18(2,19)15(17(23)24-3)20-16(22)14-10-8-13(9-11-14)7-5-4-6-12-21/h4,6,8-11,15,21H,12,19H2,1-3H3,(H,20,22). The molecular formula is C18H22N2O4. The molecule has 1 aromatic carbocycles. The SMILES string of the molecule is COC(=O)C(NC(=O)c1ccc(C#CC=CCO)cc1)C(C)(C)N. The summed E-state index contributed by atoms with van der Waals surface area (Å²) in [6.07, 6.45) is 3.07. The molecule has 4 N–H and O–H groups in total. The zero-order valence-electron chi connectivity index (χ0n) is 14.0. The van der Waals surface area contributed by atoms with Crippen molar-refractivity contribution in [1.82, 2.24) is 5.32 Å². The maximum absolute atomic E-state index is 12.3. The maximum Gasteiger partial charge on any atom is 0.330 e. The summed E-state index contributed by atoms with van der Waals surface area (Å²) >= 11 is 0. The predicted octanol–water partition coefficient (Wildman–Crippen LogP) is 0.595. The average molecular weight is 330 g/mol. The van der Waals surface area contributed by atoms with Gasteiger partial charge in [0.05, 0.1) is 13.7 Å². The van der Waals surface area contributed by atoms with Crippen molar-refractivity contribution >= 4 is 11.9 Å². The lowest BCUT2D eigenvalue weighted by Gasteiger charge is -2.28. The van der Waals surface area contributed by atoms with Gasteiger partial charge in [-0.15, -0.1) is 0 Å². The molecule has 6 heteroatoms. The summed E-state index contributed by atoms with van der Waals surface area (Å²) < 4.78 is 4.68. The lowest BCUT2D eigenvalue weighted by atomic mass is 9.95. The molecule has 0 aliphatic rings. The Labute approximate surface area is 141 Å². The predicted molar refractivity (Wildman–Crippen MR) is 91.1 cm³/mol. The van der Waals surface area contributed by atoms with Crippen molar-refractivity contribution in [3.8, 4) is 11.8 Å². The minimum absolute atomic E-state index is 0.0629. The number of carbonyl (C=O) groups is 2. The lowest BCUT2D eigenvalue weighted by Crippen LogP contribution is -2.59. The Balaban J connectivity index is 2.85. The molecule has 0 aromatic heterocycles. The molecule has 1 amide bonds. The molecule has 0 heterocycles. The van der Waals surface area contributed by atoms with Crippen LogP contribution in [0.5, 0.6) is 0 Å². The van der Waals surface area contributed by atoms with Crippen LogP contribution < -0.4 is 11.1 Å². The molecular weight excluding hydrogens is 308 g/mol. The highest BCUT2D eigenvalue weighted by Crippen LogP contribution is 2.10. The number of nitrogens with two attached hydrogens (primary N) is 1. The van der Waals surface area contributed by atoms with Crippen molar-refractivity contribution < 1.29 is 19.4 Å². The van der Waals surface area contributed by atoms with E-state index in [0.29, 0.717) is 5.56 Å². The molecule has 0 saturated heterocycles. The number of ether oxygens (including phenoxy) is 1. The van der Waals surface area contributed by atoms with Gasteiger partial charge >= 0.3 is 5.97 Å². The number of carbonyl (C=O) groups excluding carboxylic acids is 2. The van der Waals surface area contributed by atoms with Gasteiger partial charge in [-0.05, 0) is 44.2 Å². The highest BCUT2D eigenvalue weighted by atomic mass is 16.5. The van der Waals surface area contributed by atoms with Gasteiger partial charge in [-0.1, -0.05) is 17.9 Å². The van der Waals surface area contributed by atoms with Gasteiger partial charge in [-0.25, -0.2) is 4.79 Å². The van der Waals surface area contributed by atoms with Gasteiger partial charge in [0.25, 0.3) is 5.91 Å². The first-order chi connectivity index (χ1) is 11.3. The van der Waals surface area contributed by atoms with Crippen LogP contribution in [0.25, 0.3) is 0 Å². The number of methoxy groups -OCH3 is 1. The molecule has 0 aliphatic heterocycles. The van der Waals surface area contributed by atoms with Crippen molar-refractivity contribution in [3.63, 3.8) is 0 Å². The molecule has 0 bridgehead atoms. The minimum atomic E-state index is -0.965. The van der Waals surface area contributed by atoms with E-state index in [-0.39, 0.29) is 6.61 Å². The van der Waals surface area contributed by atoms with Crippen LogP contribution in [0.3, 0.4) is 0 Å². The Morgan fingerprint density at radius 3 is 2.50 bits per heavy atom. The zero-order chi connectivity index (χ0) is 18.2. The quantitative estimate of drug-likeness (QED) is 0.542. The van der Waals surface area contributed by atoms with Crippen molar-refractivity contribution in [2.45, 2.75) is 25.4 Å². The van der Waals surface area contributed by atoms with E-state index in [1.165, 1.54) is 13.2 Å². The van der Waals surface area contributed by atoms with Crippen molar-refractivity contribution in [2.75, 3.05) is 13.7 Å². The monoisotopic (exact) mass is 330 g/mol. The molecule has 0 saturated carbocycles. The minimum Gasteiger partial charge on any atom is -0.467 e. The Hall–Kier alpha value is -2.62. The molecule has 0 spiro atoms. The highest BCUT2D eigenvalue weighted by molar-refractivity contribution is 5.97. The van der Waals surface area contributed by atoms with Gasteiger partial charge in [-0.3, -0.25) is 4.79 Å². The zero-order valence-corrected chi connectivity index (χ0v) is 14.0. The molecule has 0 radical (unpaired) electrons. The summed E-state index contributed by atoms with van der Waals surface area (Å²) in [6.45, 7) is 3.20. The Kier molecular flexibility index (Phi) is 7.18. The number of allylic oxidation sites excluding steroid dienone is 1. The van der Waals surface area contributed by atoms with Gasteiger partial charge in [0.1, 0.15) is 6.04 Å². The summed E-state index contributed by atoms with van der Waals surface area (Å²) in [5, 5.41) is 11.2. The van der Waals surface area contributed by atoms with Crippen LogP contribution in [-0.4, -0.2) is 42.3 Å². The number of rotatable bonds is 5. The second-order valence-electron chi connectivity index (χ2n) is 5.68. The lowest BCUT2D eigenvalue weighted by molar-refractivity contribution is -0.144. The van der Waals surface area contributed by atoms with Crippen LogP contribution in [0.4, 0.5) is 0 Å². The van der Waals surface area contributed by atoms with E-state index in [0.717, 1.165) is 5.56 Å². The number of benzene rings is 1. The van der Waals surface area contributed by atoms with E-state index in [1.807, 2.05) is 0 Å². The van der Waals surface area contributed by atoms with E-state index in [1.54, 1.807) is 44.2 Å². The largest absolute Gasteiger partial charge is 0.467 e. The number of aliphatic hydroxyl groups is 1. The van der Waals surface area contributed by atoms with Crippen LogP contribution in [0.15, 0.2) is 36.4 Å². The molecule has 1 aromatic rings. The Morgan fingerprint density at radius 1 is 1.38 bits per heavy atom. The van der Waals surface area contributed by atoms with Crippen LogP contribution in [0.1, 0.15) is 29.8 Å². The van der Waals surface area contributed by atoms with Crippen LogP contribution in [0.2, 0.25) is 0 Å². The third-order valence-corrected chi connectivity index (χ3v) is 3.13. The first kappa shape index (κ1) is 19.4. The molecule has 24 heavy (non-hydrogen) atoms. The van der Waals surface area contributed by atoms with E-state index >= 15 is 0 Å². The maximum atomic E-state index is 12.3. The fourth-order valence-electron chi connectivity index (χ4n) is 1.82. The van der Waals surface area contributed by atoms with Crippen LogP contribution >= 0.6 is 0 Å². The highest BCUT2D eigenvalue weighted by Gasteiger charge is 2.34. The second-order valence-corrected chi connectivity index (χ2v) is 5.68. The van der Waals surface area contributed by atoms with E-state index < -0.39 is 23.5 Å². The first-order valence-corrected chi connectivity index (χ1v) is 7.34. The normalized spacial score (nSPS) is 12.2. The van der Waals surface area contributed by atoms with Gasteiger partial charge < -0.3 is 20.9 Å². The average Bonchev–Trinajstić information content (AvgIpc) is 2.55.